The average molecular weight is 231 g/mol. The van der Waals surface area contributed by atoms with Crippen LogP contribution in [-0.4, -0.2) is 24.2 Å². The van der Waals surface area contributed by atoms with Crippen molar-refractivity contribution in [3.63, 3.8) is 0 Å². The van der Waals surface area contributed by atoms with Crippen LogP contribution in [0.15, 0.2) is 29.3 Å². The van der Waals surface area contributed by atoms with Gasteiger partial charge in [-0.2, -0.15) is 4.99 Å². The predicted octanol–water partition coefficient (Wildman–Crippen LogP) is 0.0922. The smallest absolute Gasteiger partial charge is 0.264 e. The van der Waals surface area contributed by atoms with Gasteiger partial charge in [0.1, 0.15) is 11.8 Å². The quantitative estimate of drug-likeness (QED) is 0.707. The van der Waals surface area contributed by atoms with Crippen LogP contribution in [0.5, 0.6) is 0 Å². The monoisotopic (exact) mass is 231 g/mol. The van der Waals surface area contributed by atoms with E-state index < -0.39 is 11.8 Å². The molecule has 0 radical (unpaired) electrons. The predicted molar refractivity (Wildman–Crippen MR) is 63.6 cm³/mol. The van der Waals surface area contributed by atoms with Crippen molar-refractivity contribution in [3.8, 4) is 0 Å². The van der Waals surface area contributed by atoms with Gasteiger partial charge in [-0.25, -0.2) is 0 Å². The fraction of sp³-hybridized carbons (Fsp3) is 0.250. The molecule has 2 amide bonds. The second-order valence-electron chi connectivity index (χ2n) is 3.94. The standard InChI is InChI=1S/C12H13N3O2/c1-7-3-2-4-8(5-7)10-11(16)14-9(6-13)15-12(10)17/h2-5,10H,6,13H2,1H3,(H,14,15,16,17). The van der Waals surface area contributed by atoms with Crippen LogP contribution in [0.1, 0.15) is 17.0 Å². The van der Waals surface area contributed by atoms with Gasteiger partial charge in [-0.1, -0.05) is 29.8 Å². The zero-order valence-corrected chi connectivity index (χ0v) is 9.43. The largest absolute Gasteiger partial charge is 0.324 e. The van der Waals surface area contributed by atoms with E-state index in [-0.39, 0.29) is 18.3 Å². The summed E-state index contributed by atoms with van der Waals surface area (Å²) in [5.41, 5.74) is 6.99. The molecule has 1 unspecified atom stereocenters. The van der Waals surface area contributed by atoms with Crippen LogP contribution in [0.4, 0.5) is 0 Å². The molecule has 5 nitrogen and oxygen atoms in total. The Balaban J connectivity index is 2.37. The Morgan fingerprint density at radius 1 is 1.41 bits per heavy atom. The van der Waals surface area contributed by atoms with Crippen LogP contribution in [0.3, 0.4) is 0 Å². The van der Waals surface area contributed by atoms with Crippen molar-refractivity contribution >= 4 is 17.6 Å². The Hall–Kier alpha value is -2.01. The Morgan fingerprint density at radius 2 is 2.18 bits per heavy atom. The number of benzene rings is 1. The van der Waals surface area contributed by atoms with Crippen LogP contribution in [-0.2, 0) is 9.59 Å². The van der Waals surface area contributed by atoms with Crippen molar-refractivity contribution < 1.29 is 9.59 Å². The molecule has 0 fully saturated rings. The molecule has 0 spiro atoms. The molecule has 0 aromatic heterocycles. The second-order valence-corrected chi connectivity index (χ2v) is 3.94. The van der Waals surface area contributed by atoms with E-state index in [2.05, 4.69) is 10.3 Å². The van der Waals surface area contributed by atoms with Gasteiger partial charge in [0.05, 0.1) is 6.54 Å². The number of rotatable bonds is 2. The minimum Gasteiger partial charge on any atom is -0.324 e. The summed E-state index contributed by atoms with van der Waals surface area (Å²) in [6.07, 6.45) is 0. The van der Waals surface area contributed by atoms with E-state index in [1.54, 1.807) is 6.07 Å². The summed E-state index contributed by atoms with van der Waals surface area (Å²) < 4.78 is 0. The maximum atomic E-state index is 11.8. The van der Waals surface area contributed by atoms with Crippen LogP contribution < -0.4 is 11.1 Å². The number of hydrogen-bond donors (Lipinski definition) is 2. The van der Waals surface area contributed by atoms with Crippen molar-refractivity contribution in [3.05, 3.63) is 35.4 Å². The van der Waals surface area contributed by atoms with Gasteiger partial charge in [-0.15, -0.1) is 0 Å². The SMILES string of the molecule is Cc1cccc(C2C(=O)N=C(CN)NC2=O)c1. The number of amides is 2. The Bertz CT molecular complexity index is 508. The van der Waals surface area contributed by atoms with Gasteiger partial charge in [0.25, 0.3) is 5.91 Å². The van der Waals surface area contributed by atoms with Crippen LogP contribution in [0.2, 0.25) is 0 Å². The molecule has 17 heavy (non-hydrogen) atoms. The first-order valence-corrected chi connectivity index (χ1v) is 5.30. The number of amidine groups is 1. The fourth-order valence-corrected chi connectivity index (χ4v) is 1.79. The van der Waals surface area contributed by atoms with Gasteiger partial charge in [0.15, 0.2) is 0 Å². The maximum Gasteiger partial charge on any atom is 0.264 e. The second kappa shape index (κ2) is 4.47. The van der Waals surface area contributed by atoms with E-state index in [9.17, 15) is 9.59 Å². The average Bonchev–Trinajstić information content (AvgIpc) is 2.28. The van der Waals surface area contributed by atoms with Gasteiger partial charge in [0.2, 0.25) is 5.91 Å². The highest BCUT2D eigenvalue weighted by Gasteiger charge is 2.32. The number of aliphatic imine (C=N–C) groups is 1. The van der Waals surface area contributed by atoms with Crippen molar-refractivity contribution in [2.24, 2.45) is 10.7 Å². The summed E-state index contributed by atoms with van der Waals surface area (Å²) >= 11 is 0. The summed E-state index contributed by atoms with van der Waals surface area (Å²) in [5, 5.41) is 2.53. The molecular weight excluding hydrogens is 218 g/mol. The molecule has 1 aliphatic heterocycles. The van der Waals surface area contributed by atoms with Gasteiger partial charge in [0, 0.05) is 0 Å². The lowest BCUT2D eigenvalue weighted by atomic mass is 9.95. The molecule has 0 saturated carbocycles. The zero-order chi connectivity index (χ0) is 12.4. The first-order chi connectivity index (χ1) is 8.11. The number of carbonyl (C=O) groups excluding carboxylic acids is 2. The summed E-state index contributed by atoms with van der Waals surface area (Å²) in [5.74, 6) is -1.45. The molecule has 1 heterocycles. The highest BCUT2D eigenvalue weighted by Crippen LogP contribution is 2.21. The lowest BCUT2D eigenvalue weighted by Gasteiger charge is -2.19. The van der Waals surface area contributed by atoms with Gasteiger partial charge < -0.3 is 11.1 Å². The molecule has 1 aromatic rings. The van der Waals surface area contributed by atoms with E-state index >= 15 is 0 Å². The molecule has 1 aliphatic rings. The lowest BCUT2D eigenvalue weighted by Crippen LogP contribution is -2.45. The van der Waals surface area contributed by atoms with Gasteiger partial charge in [-0.05, 0) is 12.5 Å². The minimum atomic E-state index is -0.856. The molecule has 1 atom stereocenters. The van der Waals surface area contributed by atoms with Crippen molar-refractivity contribution in [2.45, 2.75) is 12.8 Å². The summed E-state index contributed by atoms with van der Waals surface area (Å²) in [6, 6.07) is 7.28. The minimum absolute atomic E-state index is 0.0536. The molecule has 88 valence electrons. The third kappa shape index (κ3) is 2.24. The van der Waals surface area contributed by atoms with E-state index in [4.69, 9.17) is 5.73 Å². The fourth-order valence-electron chi connectivity index (χ4n) is 1.79. The Kier molecular flexibility index (Phi) is 3.01. The highest BCUT2D eigenvalue weighted by molar-refractivity contribution is 6.19. The van der Waals surface area contributed by atoms with E-state index in [1.807, 2.05) is 25.1 Å². The van der Waals surface area contributed by atoms with Crippen molar-refractivity contribution in [2.75, 3.05) is 6.54 Å². The maximum absolute atomic E-state index is 11.8. The van der Waals surface area contributed by atoms with E-state index in [1.165, 1.54) is 0 Å². The molecule has 3 N–H and O–H groups in total. The first-order valence-electron chi connectivity index (χ1n) is 5.30. The molecular formula is C12H13N3O2. The molecule has 1 aromatic carbocycles. The zero-order valence-electron chi connectivity index (χ0n) is 9.43. The number of nitrogens with zero attached hydrogens (tertiary/aromatic N) is 1. The summed E-state index contributed by atoms with van der Waals surface area (Å²) in [4.78, 5) is 27.4. The molecule has 5 heteroatoms. The van der Waals surface area contributed by atoms with Crippen molar-refractivity contribution in [1.29, 1.82) is 0 Å². The number of nitrogens with two attached hydrogens (primary N) is 1. The normalized spacial score (nSPS) is 19.9. The van der Waals surface area contributed by atoms with Crippen LogP contribution in [0, 0.1) is 6.92 Å². The van der Waals surface area contributed by atoms with Gasteiger partial charge >= 0.3 is 0 Å². The number of carbonyl (C=O) groups is 2. The number of aryl methyl sites for hydroxylation is 1. The Morgan fingerprint density at radius 3 is 2.76 bits per heavy atom. The molecule has 0 aliphatic carbocycles. The van der Waals surface area contributed by atoms with Crippen LogP contribution in [0.25, 0.3) is 0 Å². The number of nitrogens with one attached hydrogen (secondary N) is 1. The topological polar surface area (TPSA) is 84.6 Å². The third-order valence-corrected chi connectivity index (χ3v) is 2.59. The van der Waals surface area contributed by atoms with Crippen molar-refractivity contribution in [1.82, 2.24) is 5.32 Å². The van der Waals surface area contributed by atoms with Crippen LogP contribution >= 0.6 is 0 Å². The van der Waals surface area contributed by atoms with Gasteiger partial charge in [-0.3, -0.25) is 9.59 Å². The molecule has 0 saturated heterocycles. The summed E-state index contributed by atoms with van der Waals surface area (Å²) in [6.45, 7) is 1.96. The molecule has 0 bridgehead atoms. The molecule has 2 rings (SSSR count). The highest BCUT2D eigenvalue weighted by atomic mass is 16.2. The number of hydrogen-bond acceptors (Lipinski definition) is 3. The first kappa shape index (κ1) is 11.5. The van der Waals surface area contributed by atoms with E-state index in [0.717, 1.165) is 5.56 Å². The third-order valence-electron chi connectivity index (χ3n) is 2.59. The lowest BCUT2D eigenvalue weighted by molar-refractivity contribution is -0.129. The van der Waals surface area contributed by atoms with E-state index in [0.29, 0.717) is 5.56 Å². The Labute approximate surface area is 98.7 Å². The summed E-state index contributed by atoms with van der Waals surface area (Å²) in [7, 11) is 0.